The zero-order chi connectivity index (χ0) is 14.6. The van der Waals surface area contributed by atoms with Crippen molar-refractivity contribution >= 4 is 0 Å². The first-order valence-electron chi connectivity index (χ1n) is 4.57. The van der Waals surface area contributed by atoms with E-state index >= 15 is 0 Å². The van der Waals surface area contributed by atoms with Gasteiger partial charge in [-0.25, -0.2) is 6.08 Å². The Labute approximate surface area is 129 Å². The first-order valence-corrected chi connectivity index (χ1v) is 4.57. The van der Waals surface area contributed by atoms with Crippen LogP contribution in [0.4, 0.5) is 0 Å². The van der Waals surface area contributed by atoms with Crippen LogP contribution in [-0.2, 0) is 39.8 Å². The van der Waals surface area contributed by atoms with Crippen molar-refractivity contribution in [2.45, 2.75) is 6.42 Å². The Morgan fingerprint density at radius 2 is 1.37 bits per heavy atom. The Kier molecular flexibility index (Phi) is 42.6. The predicted octanol–water partition coefficient (Wildman–Crippen LogP) is 2.19. The molecule has 0 unspecified atom stereocenters. The van der Waals surface area contributed by atoms with Gasteiger partial charge in [0, 0.05) is 0 Å². The van der Waals surface area contributed by atoms with Crippen LogP contribution in [0.5, 0.6) is 0 Å². The molecular weight excluding hydrogens is 416 g/mol. The molecule has 4 nitrogen and oxygen atoms in total. The maximum Gasteiger partial charge on any atom is 2.00 e. The molecule has 0 aromatic rings. The molecular formula is C14H12O4W+. The predicted molar refractivity (Wildman–Crippen MR) is 60.8 cm³/mol. The van der Waals surface area contributed by atoms with Crippen molar-refractivity contribution in [2.75, 3.05) is 6.61 Å². The third-order valence-corrected chi connectivity index (χ3v) is 1.48. The molecule has 19 heavy (non-hydrogen) atoms. The van der Waals surface area contributed by atoms with Gasteiger partial charge in [0.1, 0.15) is 0 Å². The number of rotatable bonds is 1. The van der Waals surface area contributed by atoms with Gasteiger partial charge in [0.25, 0.3) is 0 Å². The standard InChI is InChI=1S/C6H7O.C5H5.3CO.W/c1-2-6-3-4-7-5-6;1-2-4-5-3-1;3*1-2;/h2H,1,3-4H2;1-5H;;;;/q-1;;;;;+2. The molecule has 0 saturated heterocycles. The Bertz CT molecular complexity index is 240. The summed E-state index contributed by atoms with van der Waals surface area (Å²) in [5, 5.41) is 0. The van der Waals surface area contributed by atoms with Crippen LogP contribution in [0.25, 0.3) is 0 Å². The number of ether oxygens (including phenoxy) is 1. The quantitative estimate of drug-likeness (QED) is 0.467. The molecule has 5 radical (unpaired) electrons. The number of hydrogen-bond donors (Lipinski definition) is 0. The van der Waals surface area contributed by atoms with E-state index in [1.54, 1.807) is 6.08 Å². The van der Waals surface area contributed by atoms with Crippen molar-refractivity contribution in [1.82, 2.24) is 0 Å². The smallest absolute Gasteiger partial charge is 0.0312 e. The van der Waals surface area contributed by atoms with E-state index in [-0.39, 0.29) is 21.1 Å². The second-order valence-corrected chi connectivity index (χ2v) is 2.39. The van der Waals surface area contributed by atoms with Crippen LogP contribution in [0.1, 0.15) is 6.42 Å². The van der Waals surface area contributed by atoms with Crippen LogP contribution in [-0.4, -0.2) is 6.61 Å². The van der Waals surface area contributed by atoms with Gasteiger partial charge in [0.2, 0.25) is 0 Å². The van der Waals surface area contributed by atoms with E-state index in [2.05, 4.69) is 32.8 Å². The molecule has 2 rings (SSSR count). The summed E-state index contributed by atoms with van der Waals surface area (Å²) in [6.07, 6.45) is 15.5. The van der Waals surface area contributed by atoms with Crippen molar-refractivity contribution in [1.29, 1.82) is 0 Å². The van der Waals surface area contributed by atoms with Crippen LogP contribution >= 0.6 is 0 Å². The zero-order valence-electron chi connectivity index (χ0n) is 10.1. The minimum Gasteiger partial charge on any atom is -0.0312 e. The van der Waals surface area contributed by atoms with Gasteiger partial charge in [-0.2, -0.15) is 12.2 Å². The van der Waals surface area contributed by atoms with Gasteiger partial charge in [-0.05, 0) is 38.5 Å². The Morgan fingerprint density at radius 3 is 1.53 bits per heavy atom. The molecule has 1 aliphatic heterocycles. The Balaban J connectivity index is -0.0000000838. The average Bonchev–Trinajstić information content (AvgIpc) is 3.21. The minimum atomic E-state index is 0. The molecule has 0 aromatic heterocycles. The van der Waals surface area contributed by atoms with E-state index in [4.69, 9.17) is 18.7 Å². The van der Waals surface area contributed by atoms with Gasteiger partial charge < -0.3 is 4.74 Å². The largest absolute Gasteiger partial charge is 2.00 e. The molecule has 1 aliphatic carbocycles. The Morgan fingerprint density at radius 1 is 1.00 bits per heavy atom. The second-order valence-electron chi connectivity index (χ2n) is 2.39. The zero-order valence-corrected chi connectivity index (χ0v) is 13.1. The minimum absolute atomic E-state index is 0. The maximum atomic E-state index is 7.50. The molecule has 0 amide bonds. The van der Waals surface area contributed by atoms with Gasteiger partial charge in [0.15, 0.2) is 0 Å². The summed E-state index contributed by atoms with van der Waals surface area (Å²) in [4.78, 5) is 0. The maximum absolute atomic E-state index is 7.50. The molecule has 97 valence electrons. The van der Waals surface area contributed by atoms with E-state index in [9.17, 15) is 0 Å². The molecule has 0 bridgehead atoms. The summed E-state index contributed by atoms with van der Waals surface area (Å²) in [7, 11) is 0. The van der Waals surface area contributed by atoms with E-state index in [1.165, 1.54) is 0 Å². The van der Waals surface area contributed by atoms with Gasteiger partial charge >= 0.3 is 55.0 Å². The molecule has 5 heteroatoms. The van der Waals surface area contributed by atoms with Gasteiger partial charge in [-0.15, -0.1) is 0 Å². The van der Waals surface area contributed by atoms with Crippen LogP contribution in [0, 0.1) is 58.3 Å². The fraction of sp³-hybridized carbons (Fsp3) is 0.143. The van der Waals surface area contributed by atoms with E-state index < -0.39 is 0 Å². The van der Waals surface area contributed by atoms with Crippen LogP contribution in [0.15, 0.2) is 18.2 Å². The number of hydrogen-bond acceptors (Lipinski definition) is 1. The molecule has 0 N–H and O–H groups in total. The number of allylic oxidation sites excluding steroid dienone is 1. The van der Waals surface area contributed by atoms with Gasteiger partial charge in [-0.1, -0.05) is 6.26 Å². The SMILES string of the molecule is C=CC1=[C-]OCC1.[C-]#[O+].[C-]#[O+].[C-]#[O+].[CH]1[CH][CH][CH][CH]1.[W+2]. The average molecular weight is 428 g/mol. The van der Waals surface area contributed by atoms with Crippen molar-refractivity contribution in [3.8, 4) is 0 Å². The third kappa shape index (κ3) is 22.8. The van der Waals surface area contributed by atoms with Crippen molar-refractivity contribution in [2.24, 2.45) is 0 Å². The van der Waals surface area contributed by atoms with Crippen LogP contribution < -0.4 is 0 Å². The molecule has 0 atom stereocenters. The van der Waals surface area contributed by atoms with E-state index in [0.29, 0.717) is 0 Å². The van der Waals surface area contributed by atoms with Crippen LogP contribution in [0.3, 0.4) is 0 Å². The van der Waals surface area contributed by atoms with E-state index in [0.717, 1.165) is 18.6 Å². The topological polar surface area (TPSA) is 68.9 Å². The third-order valence-electron chi connectivity index (χ3n) is 1.48. The van der Waals surface area contributed by atoms with E-state index in [1.807, 2.05) is 32.1 Å². The summed E-state index contributed by atoms with van der Waals surface area (Å²) in [6.45, 7) is 17.8. The summed E-state index contributed by atoms with van der Waals surface area (Å²) < 4.78 is 27.3. The fourth-order valence-corrected chi connectivity index (χ4v) is 0.820. The van der Waals surface area contributed by atoms with Crippen molar-refractivity contribution in [3.63, 3.8) is 0 Å². The van der Waals surface area contributed by atoms with Gasteiger partial charge in [-0.3, -0.25) is 0 Å². The summed E-state index contributed by atoms with van der Waals surface area (Å²) >= 11 is 0. The summed E-state index contributed by atoms with van der Waals surface area (Å²) in [5.41, 5.74) is 1.08. The Hall–Kier alpha value is -0.812. The molecule has 2 aliphatic rings. The van der Waals surface area contributed by atoms with Crippen molar-refractivity contribution in [3.05, 3.63) is 76.5 Å². The first kappa shape index (κ1) is 26.7. The van der Waals surface area contributed by atoms with Crippen molar-refractivity contribution < 1.29 is 39.8 Å². The fourth-order valence-electron chi connectivity index (χ4n) is 0.820. The normalized spacial score (nSPS) is 13.3. The second kappa shape index (κ2) is 30.3. The summed E-state index contributed by atoms with van der Waals surface area (Å²) in [5.74, 6) is 0. The molecule has 0 aromatic carbocycles. The van der Waals surface area contributed by atoms with Gasteiger partial charge in [0.05, 0.1) is 6.61 Å². The molecule has 0 spiro atoms. The van der Waals surface area contributed by atoms with Crippen LogP contribution in [0.2, 0.25) is 0 Å². The summed E-state index contributed by atoms with van der Waals surface area (Å²) in [6, 6.07) is 0. The monoisotopic (exact) mass is 428 g/mol. The molecule has 1 fully saturated rings. The molecule has 1 saturated carbocycles. The first-order chi connectivity index (χ1) is 8.93. The molecule has 1 heterocycles.